The van der Waals surface area contributed by atoms with Gasteiger partial charge >= 0.3 is 5.97 Å². The molecule has 0 bridgehead atoms. The van der Waals surface area contributed by atoms with Gasteiger partial charge in [-0.3, -0.25) is 4.79 Å². The van der Waals surface area contributed by atoms with E-state index in [2.05, 4.69) is 4.74 Å². The molecule has 0 saturated heterocycles. The number of rotatable bonds is 3. The Morgan fingerprint density at radius 2 is 1.60 bits per heavy atom. The van der Waals surface area contributed by atoms with Gasteiger partial charge in [0.15, 0.2) is 5.78 Å². The van der Waals surface area contributed by atoms with Gasteiger partial charge in [-0.2, -0.15) is 0 Å². The van der Waals surface area contributed by atoms with Crippen LogP contribution in [0.2, 0.25) is 5.02 Å². The van der Waals surface area contributed by atoms with E-state index in [1.165, 1.54) is 14.0 Å². The van der Waals surface area contributed by atoms with E-state index in [0.29, 0.717) is 16.1 Å². The summed E-state index contributed by atoms with van der Waals surface area (Å²) < 4.78 is 4.64. The molecule has 0 N–H and O–H groups in total. The van der Waals surface area contributed by atoms with Gasteiger partial charge < -0.3 is 4.74 Å². The van der Waals surface area contributed by atoms with Gasteiger partial charge in [-0.25, -0.2) is 4.79 Å². The second kappa shape index (κ2) is 5.88. The van der Waals surface area contributed by atoms with E-state index in [1.807, 2.05) is 12.1 Å². The van der Waals surface area contributed by atoms with E-state index in [0.717, 1.165) is 11.1 Å². The van der Waals surface area contributed by atoms with Crippen molar-refractivity contribution in [2.24, 2.45) is 0 Å². The Morgan fingerprint density at radius 3 is 2.10 bits per heavy atom. The lowest BCUT2D eigenvalue weighted by molar-refractivity contribution is 0.0601. The van der Waals surface area contributed by atoms with Crippen molar-refractivity contribution >= 4 is 23.4 Å². The third kappa shape index (κ3) is 2.89. The minimum absolute atomic E-state index is 0.0237. The van der Waals surface area contributed by atoms with E-state index < -0.39 is 5.97 Å². The molecule has 2 rings (SSSR count). The van der Waals surface area contributed by atoms with Crippen molar-refractivity contribution in [2.75, 3.05) is 7.11 Å². The Kier molecular flexibility index (Phi) is 4.20. The minimum Gasteiger partial charge on any atom is -0.465 e. The second-order valence-electron chi connectivity index (χ2n) is 4.32. The molecule has 0 heterocycles. The predicted molar refractivity (Wildman–Crippen MR) is 78.2 cm³/mol. The summed E-state index contributed by atoms with van der Waals surface area (Å²) >= 11 is 6.08. The Labute approximate surface area is 122 Å². The number of hydrogen-bond acceptors (Lipinski definition) is 3. The summed E-state index contributed by atoms with van der Waals surface area (Å²) in [5.41, 5.74) is 2.79. The number of halogens is 1. The monoisotopic (exact) mass is 288 g/mol. The summed E-state index contributed by atoms with van der Waals surface area (Å²) in [6.45, 7) is 1.52. The van der Waals surface area contributed by atoms with Crippen LogP contribution < -0.4 is 0 Å². The molecule has 0 aliphatic rings. The molecule has 0 spiro atoms. The number of ether oxygens (including phenoxy) is 1. The van der Waals surface area contributed by atoms with Crippen LogP contribution >= 0.6 is 11.6 Å². The molecule has 2 aromatic rings. The molecule has 4 heteroatoms. The molecule has 0 atom stereocenters. The largest absolute Gasteiger partial charge is 0.465 e. The first kappa shape index (κ1) is 14.3. The van der Waals surface area contributed by atoms with Crippen molar-refractivity contribution < 1.29 is 14.3 Å². The number of carbonyl (C=O) groups is 2. The molecule has 0 aromatic heterocycles. The molecule has 0 aliphatic carbocycles. The standard InChI is InChI=1S/C16H13ClO3/c1-10(18)11-3-5-12(6-4-11)13-7-8-14(15(17)9-13)16(19)20-2/h3-9H,1-2H3. The molecule has 0 radical (unpaired) electrons. The van der Waals surface area contributed by atoms with E-state index in [1.54, 1.807) is 30.3 Å². The molecule has 0 fully saturated rings. The van der Waals surface area contributed by atoms with E-state index in [4.69, 9.17) is 11.6 Å². The second-order valence-corrected chi connectivity index (χ2v) is 4.73. The van der Waals surface area contributed by atoms with Crippen molar-refractivity contribution in [3.05, 3.63) is 58.6 Å². The summed E-state index contributed by atoms with van der Waals surface area (Å²) in [5, 5.41) is 0.338. The van der Waals surface area contributed by atoms with Gasteiger partial charge in [-0.1, -0.05) is 41.9 Å². The maximum absolute atomic E-state index is 11.5. The normalized spacial score (nSPS) is 10.2. The van der Waals surface area contributed by atoms with Gasteiger partial charge in [-0.05, 0) is 30.2 Å². The zero-order valence-corrected chi connectivity index (χ0v) is 11.9. The van der Waals surface area contributed by atoms with Gasteiger partial charge in [0.1, 0.15) is 0 Å². The van der Waals surface area contributed by atoms with Crippen LogP contribution in [0, 0.1) is 0 Å². The Morgan fingerprint density at radius 1 is 1.00 bits per heavy atom. The molecular formula is C16H13ClO3. The molecule has 20 heavy (non-hydrogen) atoms. The number of carbonyl (C=O) groups excluding carboxylic acids is 2. The highest BCUT2D eigenvalue weighted by Crippen LogP contribution is 2.26. The van der Waals surface area contributed by atoms with Crippen LogP contribution in [0.25, 0.3) is 11.1 Å². The summed E-state index contributed by atoms with van der Waals surface area (Å²) in [5.74, 6) is -0.441. The van der Waals surface area contributed by atoms with Crippen molar-refractivity contribution in [3.63, 3.8) is 0 Å². The maximum atomic E-state index is 11.5. The number of benzene rings is 2. The van der Waals surface area contributed by atoms with E-state index in [-0.39, 0.29) is 5.78 Å². The lowest BCUT2D eigenvalue weighted by Crippen LogP contribution is -2.01. The topological polar surface area (TPSA) is 43.4 Å². The maximum Gasteiger partial charge on any atom is 0.339 e. The first-order valence-electron chi connectivity index (χ1n) is 6.02. The van der Waals surface area contributed by atoms with E-state index >= 15 is 0 Å². The van der Waals surface area contributed by atoms with Gasteiger partial charge in [-0.15, -0.1) is 0 Å². The zero-order chi connectivity index (χ0) is 14.7. The fourth-order valence-corrected chi connectivity index (χ4v) is 2.13. The predicted octanol–water partition coefficient (Wildman–Crippen LogP) is 4.00. The summed E-state index contributed by atoms with van der Waals surface area (Å²) in [7, 11) is 1.31. The van der Waals surface area contributed by atoms with Crippen LogP contribution in [-0.4, -0.2) is 18.9 Å². The van der Waals surface area contributed by atoms with Gasteiger partial charge in [0.25, 0.3) is 0 Å². The molecule has 2 aromatic carbocycles. The Balaban J connectivity index is 2.36. The Hall–Kier alpha value is -2.13. The third-order valence-corrected chi connectivity index (χ3v) is 3.31. The number of Topliss-reactive ketones (excluding diaryl/α,β-unsaturated/α-hetero) is 1. The number of ketones is 1. The Bertz CT molecular complexity index is 660. The first-order chi connectivity index (χ1) is 9.52. The first-order valence-corrected chi connectivity index (χ1v) is 6.40. The van der Waals surface area contributed by atoms with Crippen LogP contribution in [0.1, 0.15) is 27.6 Å². The zero-order valence-electron chi connectivity index (χ0n) is 11.1. The smallest absolute Gasteiger partial charge is 0.339 e. The average molecular weight is 289 g/mol. The summed E-state index contributed by atoms with van der Waals surface area (Å²) in [6, 6.07) is 12.3. The summed E-state index contributed by atoms with van der Waals surface area (Å²) in [6.07, 6.45) is 0. The minimum atomic E-state index is -0.464. The van der Waals surface area contributed by atoms with Gasteiger partial charge in [0, 0.05) is 5.56 Å². The van der Waals surface area contributed by atoms with Crippen LogP contribution in [0.4, 0.5) is 0 Å². The highest BCUT2D eigenvalue weighted by atomic mass is 35.5. The number of esters is 1. The summed E-state index contributed by atoms with van der Waals surface area (Å²) in [4.78, 5) is 22.7. The number of hydrogen-bond donors (Lipinski definition) is 0. The van der Waals surface area contributed by atoms with Crippen LogP contribution in [0.3, 0.4) is 0 Å². The third-order valence-electron chi connectivity index (χ3n) is 3.00. The molecule has 0 saturated carbocycles. The van der Waals surface area contributed by atoms with Crippen molar-refractivity contribution in [1.29, 1.82) is 0 Å². The quantitative estimate of drug-likeness (QED) is 0.633. The van der Waals surface area contributed by atoms with Crippen LogP contribution in [0.5, 0.6) is 0 Å². The van der Waals surface area contributed by atoms with Crippen molar-refractivity contribution in [1.82, 2.24) is 0 Å². The van der Waals surface area contributed by atoms with Crippen molar-refractivity contribution in [2.45, 2.75) is 6.92 Å². The fraction of sp³-hybridized carbons (Fsp3) is 0.125. The molecular weight excluding hydrogens is 276 g/mol. The lowest BCUT2D eigenvalue weighted by atomic mass is 10.0. The van der Waals surface area contributed by atoms with Crippen LogP contribution in [0.15, 0.2) is 42.5 Å². The molecule has 0 aliphatic heterocycles. The van der Waals surface area contributed by atoms with Gasteiger partial charge in [0.05, 0.1) is 17.7 Å². The molecule has 0 amide bonds. The molecule has 3 nitrogen and oxygen atoms in total. The van der Waals surface area contributed by atoms with Gasteiger partial charge in [0.2, 0.25) is 0 Å². The van der Waals surface area contributed by atoms with Crippen molar-refractivity contribution in [3.8, 4) is 11.1 Å². The lowest BCUT2D eigenvalue weighted by Gasteiger charge is -2.06. The molecule has 102 valence electrons. The van der Waals surface area contributed by atoms with E-state index in [9.17, 15) is 9.59 Å². The highest BCUT2D eigenvalue weighted by molar-refractivity contribution is 6.33. The van der Waals surface area contributed by atoms with Crippen LogP contribution in [-0.2, 0) is 4.74 Å². The fourth-order valence-electron chi connectivity index (χ4n) is 1.87. The average Bonchev–Trinajstić information content (AvgIpc) is 2.46. The number of methoxy groups -OCH3 is 1. The SMILES string of the molecule is COC(=O)c1ccc(-c2ccc(C(C)=O)cc2)cc1Cl. The molecule has 0 unspecified atom stereocenters. The highest BCUT2D eigenvalue weighted by Gasteiger charge is 2.11.